The van der Waals surface area contributed by atoms with Crippen molar-refractivity contribution < 1.29 is 22.4 Å². The summed E-state index contributed by atoms with van der Waals surface area (Å²) in [6, 6.07) is 9.53. The zero-order chi connectivity index (χ0) is 21.7. The molecule has 0 spiro atoms. The van der Waals surface area contributed by atoms with Gasteiger partial charge in [-0.25, -0.2) is 27.1 Å². The van der Waals surface area contributed by atoms with Crippen molar-refractivity contribution in [1.29, 1.82) is 0 Å². The number of benzene rings is 2. The summed E-state index contributed by atoms with van der Waals surface area (Å²) in [4.78, 5) is 23.7. The van der Waals surface area contributed by atoms with E-state index in [1.54, 1.807) is 24.3 Å². The number of hydrogen-bond acceptors (Lipinski definition) is 4. The Balaban J connectivity index is 1.42. The lowest BCUT2D eigenvalue weighted by atomic mass is 10.1. The van der Waals surface area contributed by atoms with Crippen molar-refractivity contribution in [2.24, 2.45) is 0 Å². The first-order chi connectivity index (χ1) is 14.2. The van der Waals surface area contributed by atoms with Gasteiger partial charge in [0.15, 0.2) is 0 Å². The Kier molecular flexibility index (Phi) is 6.78. The monoisotopic (exact) mass is 454 g/mol. The normalized spacial score (nSPS) is 13.4. The van der Waals surface area contributed by atoms with Crippen molar-refractivity contribution in [1.82, 2.24) is 10.0 Å². The number of halogens is 2. The summed E-state index contributed by atoms with van der Waals surface area (Å²) in [5.74, 6) is -0.633. The number of carbonyl (C=O) groups excluding carboxylic acids is 2. The lowest BCUT2D eigenvalue weighted by Gasteiger charge is -2.10. The van der Waals surface area contributed by atoms with E-state index in [0.29, 0.717) is 24.9 Å². The van der Waals surface area contributed by atoms with Gasteiger partial charge in [0.1, 0.15) is 5.82 Å². The lowest BCUT2D eigenvalue weighted by molar-refractivity contribution is 0.246. The van der Waals surface area contributed by atoms with Crippen LogP contribution in [0.1, 0.15) is 18.4 Å². The van der Waals surface area contributed by atoms with Gasteiger partial charge in [-0.1, -0.05) is 23.7 Å². The molecule has 1 aliphatic carbocycles. The number of nitrogens with one attached hydrogen (secondary N) is 4. The molecule has 0 bridgehead atoms. The van der Waals surface area contributed by atoms with Gasteiger partial charge in [-0.05, 0) is 55.2 Å². The molecular weight excluding hydrogens is 435 g/mol. The molecule has 0 aliphatic heterocycles. The van der Waals surface area contributed by atoms with Crippen LogP contribution in [0.2, 0.25) is 5.02 Å². The van der Waals surface area contributed by atoms with Crippen LogP contribution >= 0.6 is 11.6 Å². The van der Waals surface area contributed by atoms with E-state index in [9.17, 15) is 22.4 Å². The number of hydrogen-bond donors (Lipinski definition) is 4. The van der Waals surface area contributed by atoms with Gasteiger partial charge >= 0.3 is 12.1 Å². The molecule has 2 aromatic carbocycles. The zero-order valence-electron chi connectivity index (χ0n) is 15.7. The maximum atomic E-state index is 13.4. The van der Waals surface area contributed by atoms with E-state index in [1.807, 2.05) is 4.72 Å². The number of sulfonamides is 1. The second-order valence-electron chi connectivity index (χ2n) is 6.76. The Labute approximate surface area is 178 Å². The van der Waals surface area contributed by atoms with Crippen LogP contribution in [-0.4, -0.2) is 32.3 Å². The van der Waals surface area contributed by atoms with Crippen LogP contribution in [0.5, 0.6) is 0 Å². The average Bonchev–Trinajstić information content (AvgIpc) is 3.52. The highest BCUT2D eigenvalue weighted by atomic mass is 35.5. The first-order valence-electron chi connectivity index (χ1n) is 9.14. The quantitative estimate of drug-likeness (QED) is 0.512. The standard InChI is InChI=1S/C19H20ClFN4O4S/c20-16-8-5-14(11-17(16)21)24-19(27)23-13-3-1-12(2-4-13)9-10-22-18(26)25-30(28,29)15-6-7-15/h1-5,8,11,15H,6-7,9-10H2,(H2,22,25,26)(H2,23,24,27). The Morgan fingerprint density at radius 1 is 1.00 bits per heavy atom. The van der Waals surface area contributed by atoms with Crippen molar-refractivity contribution in [3.63, 3.8) is 0 Å². The molecular formula is C19H20ClFN4O4S. The van der Waals surface area contributed by atoms with Crippen molar-refractivity contribution in [2.75, 3.05) is 17.2 Å². The van der Waals surface area contributed by atoms with E-state index >= 15 is 0 Å². The van der Waals surface area contributed by atoms with E-state index in [4.69, 9.17) is 11.6 Å². The molecule has 0 radical (unpaired) electrons. The Morgan fingerprint density at radius 2 is 1.63 bits per heavy atom. The first kappa shape index (κ1) is 21.8. The SMILES string of the molecule is O=C(Nc1ccc(CCNC(=O)NS(=O)(=O)C2CC2)cc1)Nc1ccc(Cl)c(F)c1. The fourth-order valence-electron chi connectivity index (χ4n) is 2.57. The minimum absolute atomic E-state index is 0.0342. The molecule has 2 aromatic rings. The average molecular weight is 455 g/mol. The number of anilines is 2. The summed E-state index contributed by atoms with van der Waals surface area (Å²) in [6.45, 7) is 0.251. The smallest absolute Gasteiger partial charge is 0.328 e. The third-order valence-electron chi connectivity index (χ3n) is 4.29. The summed E-state index contributed by atoms with van der Waals surface area (Å²) < 4.78 is 38.8. The largest absolute Gasteiger partial charge is 0.337 e. The van der Waals surface area contributed by atoms with Crippen LogP contribution < -0.4 is 20.7 Å². The second kappa shape index (κ2) is 9.31. The highest BCUT2D eigenvalue weighted by Gasteiger charge is 2.36. The molecule has 1 saturated carbocycles. The topological polar surface area (TPSA) is 116 Å². The molecule has 160 valence electrons. The Bertz CT molecular complexity index is 1040. The van der Waals surface area contributed by atoms with Crippen molar-refractivity contribution in [2.45, 2.75) is 24.5 Å². The summed E-state index contributed by atoms with van der Waals surface area (Å²) in [5, 5.41) is 7.13. The summed E-state index contributed by atoms with van der Waals surface area (Å²) in [6.07, 6.45) is 1.64. The van der Waals surface area contributed by atoms with E-state index in [0.717, 1.165) is 11.6 Å². The van der Waals surface area contributed by atoms with E-state index < -0.39 is 33.2 Å². The Morgan fingerprint density at radius 3 is 2.27 bits per heavy atom. The van der Waals surface area contributed by atoms with Gasteiger partial charge in [0.05, 0.1) is 10.3 Å². The number of urea groups is 2. The molecule has 1 fully saturated rings. The summed E-state index contributed by atoms with van der Waals surface area (Å²) in [5.41, 5.74) is 1.66. The van der Waals surface area contributed by atoms with Gasteiger partial charge in [0, 0.05) is 17.9 Å². The van der Waals surface area contributed by atoms with Crippen LogP contribution in [0.3, 0.4) is 0 Å². The molecule has 30 heavy (non-hydrogen) atoms. The van der Waals surface area contributed by atoms with Crippen LogP contribution in [0.25, 0.3) is 0 Å². The van der Waals surface area contributed by atoms with Crippen molar-refractivity contribution >= 4 is 45.1 Å². The molecule has 1 aliphatic rings. The first-order valence-corrected chi connectivity index (χ1v) is 11.1. The van der Waals surface area contributed by atoms with Crippen LogP contribution in [0.4, 0.5) is 25.4 Å². The maximum absolute atomic E-state index is 13.4. The van der Waals surface area contributed by atoms with Crippen molar-refractivity contribution in [3.8, 4) is 0 Å². The van der Waals surface area contributed by atoms with Gasteiger partial charge in [-0.3, -0.25) is 0 Å². The van der Waals surface area contributed by atoms with Gasteiger partial charge in [-0.2, -0.15) is 0 Å². The van der Waals surface area contributed by atoms with Gasteiger partial charge in [-0.15, -0.1) is 0 Å². The van der Waals surface area contributed by atoms with E-state index in [1.165, 1.54) is 12.1 Å². The fourth-order valence-corrected chi connectivity index (χ4v) is 3.94. The van der Waals surface area contributed by atoms with E-state index in [2.05, 4.69) is 16.0 Å². The Hall–Kier alpha value is -2.85. The maximum Gasteiger partial charge on any atom is 0.328 e. The summed E-state index contributed by atoms with van der Waals surface area (Å²) >= 11 is 5.60. The van der Waals surface area contributed by atoms with E-state index in [-0.39, 0.29) is 17.3 Å². The highest BCUT2D eigenvalue weighted by Crippen LogP contribution is 2.27. The molecule has 4 amide bonds. The second-order valence-corrected chi connectivity index (χ2v) is 9.13. The minimum Gasteiger partial charge on any atom is -0.337 e. The van der Waals surface area contributed by atoms with Crippen LogP contribution in [-0.2, 0) is 16.4 Å². The third kappa shape index (κ3) is 6.33. The highest BCUT2D eigenvalue weighted by molar-refractivity contribution is 7.90. The fraction of sp³-hybridized carbons (Fsp3) is 0.263. The molecule has 3 rings (SSSR count). The van der Waals surface area contributed by atoms with Crippen LogP contribution in [0, 0.1) is 5.82 Å². The molecule has 11 heteroatoms. The summed E-state index contributed by atoms with van der Waals surface area (Å²) in [7, 11) is -3.56. The van der Waals surface area contributed by atoms with Gasteiger partial charge in [0.2, 0.25) is 10.0 Å². The predicted molar refractivity (Wildman–Crippen MR) is 113 cm³/mol. The van der Waals surface area contributed by atoms with Crippen LogP contribution in [0.15, 0.2) is 42.5 Å². The molecule has 0 unspecified atom stereocenters. The molecule has 0 atom stereocenters. The molecule has 0 heterocycles. The predicted octanol–water partition coefficient (Wildman–Crippen LogP) is 3.46. The lowest BCUT2D eigenvalue weighted by Crippen LogP contribution is -2.41. The number of amides is 4. The number of carbonyl (C=O) groups is 2. The zero-order valence-corrected chi connectivity index (χ0v) is 17.3. The van der Waals surface area contributed by atoms with Crippen molar-refractivity contribution in [3.05, 3.63) is 58.9 Å². The number of rotatable bonds is 7. The van der Waals surface area contributed by atoms with Gasteiger partial charge < -0.3 is 16.0 Å². The minimum atomic E-state index is -3.56. The molecule has 0 saturated heterocycles. The molecule has 8 nitrogen and oxygen atoms in total. The molecule has 4 N–H and O–H groups in total. The van der Waals surface area contributed by atoms with Gasteiger partial charge in [0.25, 0.3) is 0 Å². The third-order valence-corrected chi connectivity index (χ3v) is 6.41. The molecule has 0 aromatic heterocycles.